The molecular weight excluding hydrogens is 399 g/mol. The lowest BCUT2D eigenvalue weighted by Gasteiger charge is -2.07. The van der Waals surface area contributed by atoms with Crippen LogP contribution in [0.2, 0.25) is 5.28 Å². The third kappa shape index (κ3) is 2.58. The number of halogens is 3. The predicted octanol–water partition coefficient (Wildman–Crippen LogP) is 4.32. The highest BCUT2D eigenvalue weighted by Gasteiger charge is 2.12. The van der Waals surface area contributed by atoms with Crippen molar-refractivity contribution in [2.45, 2.75) is 0 Å². The summed E-state index contributed by atoms with van der Waals surface area (Å²) in [5.74, 6) is 0.979. The average Bonchev–Trinajstić information content (AvgIpc) is 2.80. The monoisotopic (exact) mass is 402 g/mol. The van der Waals surface area contributed by atoms with E-state index in [1.165, 1.54) is 0 Å². The van der Waals surface area contributed by atoms with Crippen molar-refractivity contribution in [2.24, 2.45) is 0 Å². The Labute approximate surface area is 129 Å². The first kappa shape index (κ1) is 12.8. The topological polar surface area (TPSA) is 63.7 Å². The van der Waals surface area contributed by atoms with Crippen molar-refractivity contribution >= 4 is 54.5 Å². The molecule has 0 saturated heterocycles. The van der Waals surface area contributed by atoms with Gasteiger partial charge >= 0.3 is 0 Å². The van der Waals surface area contributed by atoms with Crippen LogP contribution in [0, 0.1) is 0 Å². The number of ether oxygens (including phenoxy) is 1. The molecule has 3 rings (SSSR count). The second kappa shape index (κ2) is 5.07. The summed E-state index contributed by atoms with van der Waals surface area (Å²) in [4.78, 5) is 8.08. The van der Waals surface area contributed by atoms with E-state index >= 15 is 0 Å². The highest BCUT2D eigenvalue weighted by molar-refractivity contribution is 9.11. The van der Waals surface area contributed by atoms with Gasteiger partial charge in [-0.05, 0) is 45.7 Å². The van der Waals surface area contributed by atoms with Crippen LogP contribution in [-0.4, -0.2) is 20.2 Å². The average molecular weight is 404 g/mol. The van der Waals surface area contributed by atoms with Crippen molar-refractivity contribution in [3.8, 4) is 11.6 Å². The van der Waals surface area contributed by atoms with E-state index in [-0.39, 0.29) is 5.28 Å². The Hall–Kier alpha value is -1.18. The third-order valence-electron chi connectivity index (χ3n) is 2.35. The summed E-state index contributed by atoms with van der Waals surface area (Å²) in [5.41, 5.74) is 0.531. The summed E-state index contributed by atoms with van der Waals surface area (Å²) in [6.45, 7) is 0. The number of hydrogen-bond acceptors (Lipinski definition) is 4. The molecule has 0 fully saturated rings. The number of aromatic nitrogens is 4. The smallest absolute Gasteiger partial charge is 0.234 e. The van der Waals surface area contributed by atoms with Crippen LogP contribution in [0.5, 0.6) is 11.6 Å². The first-order valence-electron chi connectivity index (χ1n) is 5.13. The number of rotatable bonds is 2. The van der Waals surface area contributed by atoms with E-state index in [2.05, 4.69) is 52.0 Å². The van der Waals surface area contributed by atoms with Crippen molar-refractivity contribution in [1.29, 1.82) is 0 Å². The van der Waals surface area contributed by atoms with Gasteiger partial charge in [-0.15, -0.1) is 0 Å². The standard InChI is InChI=1S/C11H5Br2ClN4O/c12-5-1-2-8(7(13)3-5)19-10-6-4-15-18-9(6)16-11(14)17-10/h1-4H,(H,15,16,17,18). The Bertz CT molecular complexity index is 762. The van der Waals surface area contributed by atoms with Crippen molar-refractivity contribution in [2.75, 3.05) is 0 Å². The van der Waals surface area contributed by atoms with Gasteiger partial charge in [-0.3, -0.25) is 5.10 Å². The maximum Gasteiger partial charge on any atom is 0.234 e. The second-order valence-electron chi connectivity index (χ2n) is 3.61. The fraction of sp³-hybridized carbons (Fsp3) is 0. The van der Waals surface area contributed by atoms with Crippen LogP contribution >= 0.6 is 43.5 Å². The number of benzene rings is 1. The first-order valence-corrected chi connectivity index (χ1v) is 7.09. The number of nitrogens with zero attached hydrogens (tertiary/aromatic N) is 3. The van der Waals surface area contributed by atoms with E-state index in [4.69, 9.17) is 16.3 Å². The maximum absolute atomic E-state index is 5.84. The normalized spacial score (nSPS) is 10.9. The number of fused-ring (bicyclic) bond motifs is 1. The molecule has 0 aliphatic carbocycles. The van der Waals surface area contributed by atoms with Crippen molar-refractivity contribution in [3.63, 3.8) is 0 Å². The van der Waals surface area contributed by atoms with E-state index in [1.807, 2.05) is 18.2 Å². The van der Waals surface area contributed by atoms with Gasteiger partial charge in [0.25, 0.3) is 0 Å². The minimum Gasteiger partial charge on any atom is -0.437 e. The van der Waals surface area contributed by atoms with Gasteiger partial charge in [0.1, 0.15) is 11.1 Å². The number of hydrogen-bond donors (Lipinski definition) is 1. The SMILES string of the molecule is Clc1nc(Oc2ccc(Br)cc2Br)c2cn[nH]c2n1. The van der Waals surface area contributed by atoms with Crippen molar-refractivity contribution in [3.05, 3.63) is 38.6 Å². The Morgan fingerprint density at radius 1 is 1.21 bits per heavy atom. The molecule has 0 amide bonds. The first-order chi connectivity index (χ1) is 9.13. The third-order valence-corrected chi connectivity index (χ3v) is 3.63. The van der Waals surface area contributed by atoms with Gasteiger partial charge in [-0.2, -0.15) is 15.1 Å². The van der Waals surface area contributed by atoms with Crippen LogP contribution in [0.3, 0.4) is 0 Å². The Kier molecular flexibility index (Phi) is 3.42. The molecule has 1 N–H and O–H groups in total. The molecule has 1 aromatic carbocycles. The van der Waals surface area contributed by atoms with Gasteiger partial charge < -0.3 is 4.74 Å². The molecule has 3 aromatic rings. The fourth-order valence-corrected chi connectivity index (χ4v) is 2.81. The molecule has 0 aliphatic rings. The largest absolute Gasteiger partial charge is 0.437 e. The van der Waals surface area contributed by atoms with E-state index < -0.39 is 0 Å². The molecule has 8 heteroatoms. The molecular formula is C11H5Br2ClN4O. The lowest BCUT2D eigenvalue weighted by Crippen LogP contribution is -1.92. The highest BCUT2D eigenvalue weighted by atomic mass is 79.9. The van der Waals surface area contributed by atoms with E-state index in [1.54, 1.807) is 6.20 Å². The highest BCUT2D eigenvalue weighted by Crippen LogP contribution is 2.33. The fourth-order valence-electron chi connectivity index (χ4n) is 1.52. The predicted molar refractivity (Wildman–Crippen MR) is 78.6 cm³/mol. The molecule has 0 atom stereocenters. The lowest BCUT2D eigenvalue weighted by atomic mass is 10.3. The molecule has 2 aromatic heterocycles. The van der Waals surface area contributed by atoms with Crippen molar-refractivity contribution < 1.29 is 4.74 Å². The molecule has 2 heterocycles. The quantitative estimate of drug-likeness (QED) is 0.646. The van der Waals surface area contributed by atoms with Gasteiger partial charge in [-0.1, -0.05) is 15.9 Å². The summed E-state index contributed by atoms with van der Waals surface area (Å²) in [6, 6.07) is 5.57. The summed E-state index contributed by atoms with van der Waals surface area (Å²) in [7, 11) is 0. The molecule has 5 nitrogen and oxygen atoms in total. The Morgan fingerprint density at radius 3 is 2.84 bits per heavy atom. The summed E-state index contributed by atoms with van der Waals surface area (Å²) in [5, 5.41) is 7.38. The van der Waals surface area contributed by atoms with Gasteiger partial charge in [0.15, 0.2) is 5.65 Å². The van der Waals surface area contributed by atoms with Gasteiger partial charge in [0, 0.05) is 4.47 Å². The molecule has 0 spiro atoms. The molecule has 0 saturated carbocycles. The van der Waals surface area contributed by atoms with E-state index in [0.717, 1.165) is 8.95 Å². The second-order valence-corrected chi connectivity index (χ2v) is 5.71. The van der Waals surface area contributed by atoms with E-state index in [9.17, 15) is 0 Å². The number of H-pyrrole nitrogens is 1. The van der Waals surface area contributed by atoms with Gasteiger partial charge in [0.05, 0.1) is 10.7 Å². The van der Waals surface area contributed by atoms with E-state index in [0.29, 0.717) is 22.7 Å². The van der Waals surface area contributed by atoms with Crippen LogP contribution in [0.4, 0.5) is 0 Å². The maximum atomic E-state index is 5.84. The lowest BCUT2D eigenvalue weighted by molar-refractivity contribution is 0.465. The zero-order chi connectivity index (χ0) is 13.4. The molecule has 19 heavy (non-hydrogen) atoms. The van der Waals surface area contributed by atoms with Crippen LogP contribution in [0.15, 0.2) is 33.3 Å². The van der Waals surface area contributed by atoms with Crippen LogP contribution in [-0.2, 0) is 0 Å². The molecule has 0 aliphatic heterocycles. The summed E-state index contributed by atoms with van der Waals surface area (Å²) >= 11 is 12.6. The number of aromatic amines is 1. The zero-order valence-corrected chi connectivity index (χ0v) is 13.1. The minimum absolute atomic E-state index is 0.0972. The Morgan fingerprint density at radius 2 is 2.05 bits per heavy atom. The Balaban J connectivity index is 2.07. The van der Waals surface area contributed by atoms with Gasteiger partial charge in [0.2, 0.25) is 11.2 Å². The molecule has 96 valence electrons. The van der Waals surface area contributed by atoms with Gasteiger partial charge in [-0.25, -0.2) is 0 Å². The van der Waals surface area contributed by atoms with Crippen LogP contribution in [0.1, 0.15) is 0 Å². The molecule has 0 bridgehead atoms. The van der Waals surface area contributed by atoms with Crippen LogP contribution in [0.25, 0.3) is 11.0 Å². The van der Waals surface area contributed by atoms with Crippen molar-refractivity contribution in [1.82, 2.24) is 20.2 Å². The van der Waals surface area contributed by atoms with Crippen LogP contribution < -0.4 is 4.74 Å². The minimum atomic E-state index is 0.0972. The molecule has 0 unspecified atom stereocenters. The number of nitrogens with one attached hydrogen (secondary N) is 1. The molecule has 0 radical (unpaired) electrons. The zero-order valence-electron chi connectivity index (χ0n) is 9.19. The summed E-state index contributed by atoms with van der Waals surface area (Å²) in [6.07, 6.45) is 1.59. The summed E-state index contributed by atoms with van der Waals surface area (Å²) < 4.78 is 7.50.